The highest BCUT2D eigenvalue weighted by atomic mass is 35.5. The van der Waals surface area contributed by atoms with E-state index < -0.39 is 0 Å². The summed E-state index contributed by atoms with van der Waals surface area (Å²) in [5.74, 6) is 0.0597. The lowest BCUT2D eigenvalue weighted by atomic mass is 9.85. The summed E-state index contributed by atoms with van der Waals surface area (Å²) in [5, 5.41) is 5.95. The SMILES string of the molecule is Cl.NCC1(C(=O)Nc2ccc(-c3nccs3)cc2)CCCC1. The van der Waals surface area contributed by atoms with Crippen LogP contribution in [0, 0.1) is 5.41 Å². The Balaban J connectivity index is 0.00000176. The fourth-order valence-electron chi connectivity index (χ4n) is 2.90. The van der Waals surface area contributed by atoms with Crippen molar-refractivity contribution in [3.63, 3.8) is 0 Å². The number of halogens is 1. The Morgan fingerprint density at radius 3 is 2.50 bits per heavy atom. The zero-order valence-corrected chi connectivity index (χ0v) is 13.9. The Morgan fingerprint density at radius 1 is 1.27 bits per heavy atom. The predicted octanol–water partition coefficient (Wildman–Crippen LogP) is 3.69. The molecule has 22 heavy (non-hydrogen) atoms. The van der Waals surface area contributed by atoms with E-state index in [-0.39, 0.29) is 23.7 Å². The number of thiazole rings is 1. The molecule has 0 saturated heterocycles. The van der Waals surface area contributed by atoms with Crippen molar-refractivity contribution in [3.05, 3.63) is 35.8 Å². The second kappa shape index (κ2) is 7.22. The summed E-state index contributed by atoms with van der Waals surface area (Å²) in [6.07, 6.45) is 5.76. The molecule has 1 heterocycles. The lowest BCUT2D eigenvalue weighted by Gasteiger charge is -2.25. The average molecular weight is 338 g/mol. The summed E-state index contributed by atoms with van der Waals surface area (Å²) in [6.45, 7) is 0.427. The van der Waals surface area contributed by atoms with E-state index in [1.54, 1.807) is 17.5 Å². The van der Waals surface area contributed by atoms with Crippen molar-refractivity contribution in [2.24, 2.45) is 11.1 Å². The molecule has 3 N–H and O–H groups in total. The molecule has 0 radical (unpaired) electrons. The van der Waals surface area contributed by atoms with Gasteiger partial charge in [0.05, 0.1) is 5.41 Å². The molecule has 1 aliphatic carbocycles. The van der Waals surface area contributed by atoms with Crippen LogP contribution in [0.1, 0.15) is 25.7 Å². The van der Waals surface area contributed by atoms with E-state index in [1.807, 2.05) is 29.6 Å². The molecule has 1 aromatic carbocycles. The van der Waals surface area contributed by atoms with Crippen molar-refractivity contribution in [1.82, 2.24) is 4.98 Å². The number of nitrogens with zero attached hydrogens (tertiary/aromatic N) is 1. The number of anilines is 1. The maximum Gasteiger partial charge on any atom is 0.231 e. The summed E-state index contributed by atoms with van der Waals surface area (Å²) in [5.41, 5.74) is 7.36. The van der Waals surface area contributed by atoms with E-state index in [0.717, 1.165) is 41.9 Å². The van der Waals surface area contributed by atoms with Crippen LogP contribution in [0.2, 0.25) is 0 Å². The minimum atomic E-state index is -0.367. The monoisotopic (exact) mass is 337 g/mol. The standard InChI is InChI=1S/C16H19N3OS.ClH/c17-11-16(7-1-2-8-16)15(20)19-13-5-3-12(4-6-13)14-18-9-10-21-14;/h3-6,9-10H,1-2,7-8,11,17H2,(H,19,20);1H. The van der Waals surface area contributed by atoms with Crippen LogP contribution in [0.15, 0.2) is 35.8 Å². The molecule has 0 bridgehead atoms. The molecule has 0 spiro atoms. The molecule has 1 aliphatic rings. The molecule has 6 heteroatoms. The first-order valence-corrected chi connectivity index (χ1v) is 8.13. The minimum Gasteiger partial charge on any atom is -0.329 e. The fourth-order valence-corrected chi connectivity index (χ4v) is 3.55. The van der Waals surface area contributed by atoms with E-state index in [1.165, 1.54) is 0 Å². The Kier molecular flexibility index (Phi) is 5.56. The molecule has 0 atom stereocenters. The molecule has 3 rings (SSSR count). The zero-order chi connectivity index (χ0) is 14.7. The second-order valence-electron chi connectivity index (χ2n) is 5.56. The van der Waals surface area contributed by atoms with Gasteiger partial charge in [-0.25, -0.2) is 4.98 Å². The van der Waals surface area contributed by atoms with Crippen molar-refractivity contribution >= 4 is 35.3 Å². The average Bonchev–Trinajstić information content (AvgIpc) is 3.20. The topological polar surface area (TPSA) is 68.0 Å². The Bertz CT molecular complexity index is 607. The predicted molar refractivity (Wildman–Crippen MR) is 93.4 cm³/mol. The number of carbonyl (C=O) groups excluding carboxylic acids is 1. The highest BCUT2D eigenvalue weighted by Gasteiger charge is 2.39. The van der Waals surface area contributed by atoms with Gasteiger partial charge in [0, 0.05) is 29.4 Å². The molecular weight excluding hydrogens is 318 g/mol. The van der Waals surface area contributed by atoms with E-state index in [2.05, 4.69) is 10.3 Å². The van der Waals surface area contributed by atoms with Crippen LogP contribution in [0.3, 0.4) is 0 Å². The number of rotatable bonds is 4. The van der Waals surface area contributed by atoms with Gasteiger partial charge in [-0.3, -0.25) is 4.79 Å². The number of nitrogens with one attached hydrogen (secondary N) is 1. The summed E-state index contributed by atoms with van der Waals surface area (Å²) >= 11 is 1.60. The van der Waals surface area contributed by atoms with Crippen LogP contribution >= 0.6 is 23.7 Å². The first kappa shape index (κ1) is 16.9. The van der Waals surface area contributed by atoms with Crippen molar-refractivity contribution in [2.45, 2.75) is 25.7 Å². The van der Waals surface area contributed by atoms with Crippen molar-refractivity contribution < 1.29 is 4.79 Å². The van der Waals surface area contributed by atoms with Crippen LogP contribution in [-0.4, -0.2) is 17.4 Å². The number of carbonyl (C=O) groups is 1. The Morgan fingerprint density at radius 2 is 1.95 bits per heavy atom. The minimum absolute atomic E-state index is 0. The number of nitrogens with two attached hydrogens (primary N) is 1. The molecule has 2 aromatic rings. The van der Waals surface area contributed by atoms with E-state index in [9.17, 15) is 4.79 Å². The molecule has 0 unspecified atom stereocenters. The molecular formula is C16H20ClN3OS. The Labute approximate surface area is 140 Å². The third-order valence-electron chi connectivity index (χ3n) is 4.26. The number of hydrogen-bond donors (Lipinski definition) is 2. The van der Waals surface area contributed by atoms with Crippen LogP contribution in [0.5, 0.6) is 0 Å². The number of amides is 1. The van der Waals surface area contributed by atoms with E-state index >= 15 is 0 Å². The van der Waals surface area contributed by atoms with Gasteiger partial charge >= 0.3 is 0 Å². The molecule has 1 saturated carbocycles. The van der Waals surface area contributed by atoms with Gasteiger partial charge in [0.25, 0.3) is 0 Å². The maximum atomic E-state index is 12.5. The molecule has 118 valence electrons. The second-order valence-corrected chi connectivity index (χ2v) is 6.45. The number of hydrogen-bond acceptors (Lipinski definition) is 4. The third-order valence-corrected chi connectivity index (χ3v) is 5.08. The molecule has 1 aromatic heterocycles. The van der Waals surface area contributed by atoms with Gasteiger partial charge < -0.3 is 11.1 Å². The van der Waals surface area contributed by atoms with Crippen molar-refractivity contribution in [3.8, 4) is 10.6 Å². The molecule has 0 aliphatic heterocycles. The van der Waals surface area contributed by atoms with Crippen LogP contribution < -0.4 is 11.1 Å². The van der Waals surface area contributed by atoms with Crippen LogP contribution in [0.4, 0.5) is 5.69 Å². The maximum absolute atomic E-state index is 12.5. The largest absolute Gasteiger partial charge is 0.329 e. The van der Waals surface area contributed by atoms with Gasteiger partial charge in [-0.05, 0) is 37.1 Å². The zero-order valence-electron chi connectivity index (χ0n) is 12.2. The van der Waals surface area contributed by atoms with Gasteiger partial charge in [0.15, 0.2) is 0 Å². The third kappa shape index (κ3) is 3.32. The number of benzene rings is 1. The summed E-state index contributed by atoms with van der Waals surface area (Å²) < 4.78 is 0. The van der Waals surface area contributed by atoms with Gasteiger partial charge in [0.2, 0.25) is 5.91 Å². The van der Waals surface area contributed by atoms with Crippen molar-refractivity contribution in [2.75, 3.05) is 11.9 Å². The summed E-state index contributed by atoms with van der Waals surface area (Å²) in [7, 11) is 0. The van der Waals surface area contributed by atoms with Gasteiger partial charge in [-0.1, -0.05) is 12.8 Å². The molecule has 4 nitrogen and oxygen atoms in total. The first-order chi connectivity index (χ1) is 10.2. The molecule has 1 fully saturated rings. The highest BCUT2D eigenvalue weighted by Crippen LogP contribution is 2.38. The van der Waals surface area contributed by atoms with Crippen molar-refractivity contribution in [1.29, 1.82) is 0 Å². The van der Waals surface area contributed by atoms with Gasteiger partial charge in [-0.2, -0.15) is 0 Å². The summed E-state index contributed by atoms with van der Waals surface area (Å²) in [6, 6.07) is 7.82. The molecule has 1 amide bonds. The lowest BCUT2D eigenvalue weighted by Crippen LogP contribution is -2.40. The quantitative estimate of drug-likeness (QED) is 0.894. The van der Waals surface area contributed by atoms with E-state index in [4.69, 9.17) is 5.73 Å². The normalized spacial score (nSPS) is 16.0. The smallest absolute Gasteiger partial charge is 0.231 e. The van der Waals surface area contributed by atoms with E-state index in [0.29, 0.717) is 6.54 Å². The van der Waals surface area contributed by atoms with Gasteiger partial charge in [0.1, 0.15) is 5.01 Å². The lowest BCUT2D eigenvalue weighted by molar-refractivity contribution is -0.124. The van der Waals surface area contributed by atoms with Crippen LogP contribution in [0.25, 0.3) is 10.6 Å². The fraction of sp³-hybridized carbons (Fsp3) is 0.375. The number of aromatic nitrogens is 1. The Hall–Kier alpha value is -1.43. The first-order valence-electron chi connectivity index (χ1n) is 7.25. The van der Waals surface area contributed by atoms with Gasteiger partial charge in [-0.15, -0.1) is 23.7 Å². The summed E-state index contributed by atoms with van der Waals surface area (Å²) in [4.78, 5) is 16.8. The highest BCUT2D eigenvalue weighted by molar-refractivity contribution is 7.13. The van der Waals surface area contributed by atoms with Crippen LogP contribution in [-0.2, 0) is 4.79 Å².